The molecule has 1 heterocycles. The van der Waals surface area contributed by atoms with Crippen LogP contribution in [0.2, 0.25) is 15.1 Å². The average Bonchev–Trinajstić information content (AvgIpc) is 3.15. The van der Waals surface area contributed by atoms with Crippen LogP contribution in [0.15, 0.2) is 77.3 Å². The molecule has 1 N–H and O–H groups in total. The van der Waals surface area contributed by atoms with Gasteiger partial charge in [-0.2, -0.15) is 5.26 Å². The Balaban J connectivity index is 1.73. The molecule has 0 aliphatic carbocycles. The summed E-state index contributed by atoms with van der Waals surface area (Å²) in [6.07, 6.45) is 0.281. The Bertz CT molecular complexity index is 1390. The lowest BCUT2D eigenvalue weighted by atomic mass is 10.1. The number of rotatable bonds is 5. The molecule has 1 fully saturated rings. The van der Waals surface area contributed by atoms with Gasteiger partial charge < -0.3 is 5.32 Å². The van der Waals surface area contributed by atoms with Crippen molar-refractivity contribution in [2.75, 3.05) is 10.2 Å². The first-order chi connectivity index (χ1) is 16.8. The van der Waals surface area contributed by atoms with E-state index in [1.807, 2.05) is 19.1 Å². The van der Waals surface area contributed by atoms with Crippen LogP contribution in [0.5, 0.6) is 0 Å². The van der Waals surface area contributed by atoms with Crippen molar-refractivity contribution in [2.45, 2.75) is 18.6 Å². The zero-order chi connectivity index (χ0) is 25.1. The summed E-state index contributed by atoms with van der Waals surface area (Å²) in [6, 6.07) is 21.0. The number of anilines is 2. The van der Waals surface area contributed by atoms with E-state index in [9.17, 15) is 14.9 Å². The first-order valence-electron chi connectivity index (χ1n) is 10.5. The molecule has 35 heavy (non-hydrogen) atoms. The van der Waals surface area contributed by atoms with E-state index in [2.05, 4.69) is 5.32 Å². The van der Waals surface area contributed by atoms with Crippen molar-refractivity contribution in [3.05, 3.63) is 104 Å². The van der Waals surface area contributed by atoms with Crippen molar-refractivity contribution in [3.8, 4) is 6.07 Å². The number of nitrogens with one attached hydrogen (secondary N) is 1. The molecule has 1 aliphatic heterocycles. The van der Waals surface area contributed by atoms with Crippen LogP contribution in [0.3, 0.4) is 0 Å². The molecule has 0 unspecified atom stereocenters. The molecule has 1 saturated heterocycles. The van der Waals surface area contributed by atoms with Gasteiger partial charge in [-0.3, -0.25) is 14.5 Å². The smallest absolute Gasteiger partial charge is 0.269 e. The summed E-state index contributed by atoms with van der Waals surface area (Å²) in [4.78, 5) is 28.1. The minimum Gasteiger partial charge on any atom is -0.321 e. The van der Waals surface area contributed by atoms with Gasteiger partial charge in [-0.1, -0.05) is 70.8 Å². The van der Waals surface area contributed by atoms with Crippen molar-refractivity contribution >= 4 is 69.8 Å². The molecule has 0 radical (unpaired) electrons. The van der Waals surface area contributed by atoms with Gasteiger partial charge in [0.25, 0.3) is 5.91 Å². The third-order valence-electron chi connectivity index (χ3n) is 5.36. The first-order valence-corrected chi connectivity index (χ1v) is 12.5. The number of nitriles is 1. The number of amides is 2. The minimum atomic E-state index is -0.634. The number of carbonyl (C=O) groups excluding carboxylic acids is 2. The largest absolute Gasteiger partial charge is 0.321 e. The molecule has 2 amide bonds. The molecule has 3 aromatic rings. The van der Waals surface area contributed by atoms with Crippen molar-refractivity contribution in [1.29, 1.82) is 5.26 Å². The summed E-state index contributed by atoms with van der Waals surface area (Å²) >= 11 is 19.8. The first kappa shape index (κ1) is 25.2. The van der Waals surface area contributed by atoms with Gasteiger partial charge in [0.1, 0.15) is 16.7 Å². The zero-order valence-corrected chi connectivity index (χ0v) is 21.5. The van der Waals surface area contributed by atoms with Crippen LogP contribution in [0.4, 0.5) is 11.4 Å². The fourth-order valence-corrected chi connectivity index (χ4v) is 5.43. The summed E-state index contributed by atoms with van der Waals surface area (Å²) in [7, 11) is 0. The van der Waals surface area contributed by atoms with Crippen LogP contribution in [0.1, 0.15) is 11.1 Å². The zero-order valence-electron chi connectivity index (χ0n) is 18.4. The molecule has 4 rings (SSSR count). The quantitative estimate of drug-likeness (QED) is 0.278. The normalized spacial score (nSPS) is 16.7. The molecule has 0 aromatic heterocycles. The number of carbonyl (C=O) groups is 2. The summed E-state index contributed by atoms with van der Waals surface area (Å²) < 4.78 is 0. The number of halogens is 3. The second kappa shape index (κ2) is 10.8. The lowest BCUT2D eigenvalue weighted by molar-refractivity contribution is -0.117. The third-order valence-corrected chi connectivity index (χ3v) is 7.64. The maximum atomic E-state index is 13.5. The van der Waals surface area contributed by atoms with Gasteiger partial charge in [0.15, 0.2) is 0 Å². The van der Waals surface area contributed by atoms with E-state index in [1.165, 1.54) is 4.90 Å². The Morgan fingerprint density at radius 3 is 2.49 bits per heavy atom. The maximum absolute atomic E-state index is 13.5. The van der Waals surface area contributed by atoms with Gasteiger partial charge in [0.2, 0.25) is 5.91 Å². The number of nitrogens with zero attached hydrogens (tertiary/aromatic N) is 2. The molecule has 9 heteroatoms. The Hall–Kier alpha value is -2.95. The van der Waals surface area contributed by atoms with E-state index in [-0.39, 0.29) is 22.9 Å². The fourth-order valence-electron chi connectivity index (χ4n) is 3.56. The molecule has 5 nitrogen and oxygen atoms in total. The SMILES string of the molecule is Cc1ccc(NC(=O)/C(C#N)=C2\S[C@@H](Cc3cc(Cl)ccc3Cl)C(=O)N2c2ccccc2)cc1Cl. The second-order valence-corrected chi connectivity index (χ2v) is 10.2. The van der Waals surface area contributed by atoms with Gasteiger partial charge in [0, 0.05) is 26.4 Å². The highest BCUT2D eigenvalue weighted by Crippen LogP contribution is 2.42. The van der Waals surface area contributed by atoms with Crippen LogP contribution in [-0.4, -0.2) is 17.1 Å². The van der Waals surface area contributed by atoms with Crippen molar-refractivity contribution in [3.63, 3.8) is 0 Å². The predicted molar refractivity (Wildman–Crippen MR) is 143 cm³/mol. The molecule has 1 aliphatic rings. The van der Waals surface area contributed by atoms with Crippen molar-refractivity contribution in [1.82, 2.24) is 0 Å². The number of benzene rings is 3. The molecule has 1 atom stereocenters. The van der Waals surface area contributed by atoms with E-state index in [0.29, 0.717) is 32.0 Å². The molecule has 0 spiro atoms. The van der Waals surface area contributed by atoms with Crippen molar-refractivity contribution < 1.29 is 9.59 Å². The summed E-state index contributed by atoms with van der Waals surface area (Å²) in [5, 5.41) is 13.8. The number of hydrogen-bond donors (Lipinski definition) is 1. The monoisotopic (exact) mass is 541 g/mol. The van der Waals surface area contributed by atoms with Gasteiger partial charge in [-0.15, -0.1) is 0 Å². The molecule has 176 valence electrons. The van der Waals surface area contributed by atoms with Crippen molar-refractivity contribution in [2.24, 2.45) is 0 Å². The number of para-hydroxylation sites is 1. The number of thioether (sulfide) groups is 1. The third kappa shape index (κ3) is 5.50. The highest BCUT2D eigenvalue weighted by Gasteiger charge is 2.41. The molecular formula is C26H18Cl3N3O2S. The topological polar surface area (TPSA) is 73.2 Å². The fraction of sp³-hybridized carbons (Fsp3) is 0.115. The van der Waals surface area contributed by atoms with E-state index in [4.69, 9.17) is 34.8 Å². The Labute approximate surface area is 222 Å². The van der Waals surface area contributed by atoms with Gasteiger partial charge >= 0.3 is 0 Å². The van der Waals surface area contributed by atoms with E-state index < -0.39 is 11.2 Å². The Morgan fingerprint density at radius 2 is 1.80 bits per heavy atom. The highest BCUT2D eigenvalue weighted by molar-refractivity contribution is 8.05. The highest BCUT2D eigenvalue weighted by atomic mass is 35.5. The van der Waals surface area contributed by atoms with E-state index in [0.717, 1.165) is 17.3 Å². The van der Waals surface area contributed by atoms with Crippen LogP contribution >= 0.6 is 46.6 Å². The van der Waals surface area contributed by atoms with Gasteiger partial charge in [0.05, 0.1) is 5.25 Å². The number of hydrogen-bond acceptors (Lipinski definition) is 4. The van der Waals surface area contributed by atoms with Crippen LogP contribution in [-0.2, 0) is 16.0 Å². The van der Waals surface area contributed by atoms with E-state index >= 15 is 0 Å². The Morgan fingerprint density at radius 1 is 1.06 bits per heavy atom. The average molecular weight is 543 g/mol. The second-order valence-electron chi connectivity index (χ2n) is 7.77. The summed E-state index contributed by atoms with van der Waals surface area (Å²) in [6.45, 7) is 1.85. The lowest BCUT2D eigenvalue weighted by Gasteiger charge is -2.18. The van der Waals surface area contributed by atoms with Crippen LogP contribution < -0.4 is 10.2 Å². The molecule has 0 saturated carbocycles. The number of aryl methyl sites for hydroxylation is 1. The van der Waals surface area contributed by atoms with E-state index in [1.54, 1.807) is 60.7 Å². The van der Waals surface area contributed by atoms with Gasteiger partial charge in [-0.05, 0) is 66.9 Å². The molecule has 3 aromatic carbocycles. The van der Waals surface area contributed by atoms with Crippen LogP contribution in [0, 0.1) is 18.3 Å². The standard InChI is InChI=1S/C26H18Cl3N3O2S/c1-15-7-9-18(13-22(15)29)31-24(33)20(14-30)26-32(19-5-3-2-4-6-19)25(34)23(35-26)12-16-11-17(27)8-10-21(16)28/h2-11,13,23H,12H2,1H3,(H,31,33)/b26-20-/t23-/m0/s1. The molecular weight excluding hydrogens is 525 g/mol. The van der Waals surface area contributed by atoms with Crippen LogP contribution in [0.25, 0.3) is 0 Å². The Kier molecular flexibility index (Phi) is 7.73. The van der Waals surface area contributed by atoms with Gasteiger partial charge in [-0.25, -0.2) is 0 Å². The summed E-state index contributed by atoms with van der Waals surface area (Å²) in [5.74, 6) is -0.892. The minimum absolute atomic E-state index is 0.177. The lowest BCUT2D eigenvalue weighted by Crippen LogP contribution is -2.31. The summed E-state index contributed by atoms with van der Waals surface area (Å²) in [5.41, 5.74) is 2.39. The predicted octanol–water partition coefficient (Wildman–Crippen LogP) is 7.02. The maximum Gasteiger partial charge on any atom is 0.269 e. The molecule has 0 bridgehead atoms.